The smallest absolute Gasteiger partial charge is 0.161 e. The molecule has 18 heavy (non-hydrogen) atoms. The second kappa shape index (κ2) is 6.45. The molecule has 1 fully saturated rings. The van der Waals surface area contributed by atoms with E-state index in [2.05, 4.69) is 18.0 Å². The van der Waals surface area contributed by atoms with Crippen LogP contribution in [-0.2, 0) is 6.42 Å². The van der Waals surface area contributed by atoms with Crippen LogP contribution in [0.4, 0.5) is 0 Å². The summed E-state index contributed by atoms with van der Waals surface area (Å²) in [5.74, 6) is 1.66. The van der Waals surface area contributed by atoms with Gasteiger partial charge in [-0.05, 0) is 50.0 Å². The fourth-order valence-corrected chi connectivity index (χ4v) is 2.20. The summed E-state index contributed by atoms with van der Waals surface area (Å²) >= 11 is 0. The molecule has 3 nitrogen and oxygen atoms in total. The topological polar surface area (TPSA) is 30.5 Å². The highest BCUT2D eigenvalue weighted by Gasteiger charge is 2.16. The van der Waals surface area contributed by atoms with Crippen molar-refractivity contribution in [2.75, 3.05) is 20.2 Å². The van der Waals surface area contributed by atoms with Gasteiger partial charge in [0.05, 0.1) is 7.11 Å². The van der Waals surface area contributed by atoms with Crippen LogP contribution in [0.5, 0.6) is 11.5 Å². The molecule has 0 spiro atoms. The van der Waals surface area contributed by atoms with Gasteiger partial charge < -0.3 is 14.8 Å². The molecule has 2 rings (SSSR count). The Labute approximate surface area is 109 Å². The Morgan fingerprint density at radius 1 is 1.33 bits per heavy atom. The zero-order chi connectivity index (χ0) is 12.8. The third-order valence-electron chi connectivity index (χ3n) is 3.19. The first-order valence-corrected chi connectivity index (χ1v) is 6.48. The van der Waals surface area contributed by atoms with Crippen molar-refractivity contribution in [3.05, 3.63) is 36.4 Å². The van der Waals surface area contributed by atoms with E-state index < -0.39 is 0 Å². The van der Waals surface area contributed by atoms with E-state index in [0.29, 0.717) is 6.10 Å². The summed E-state index contributed by atoms with van der Waals surface area (Å²) in [5, 5.41) is 3.33. The van der Waals surface area contributed by atoms with Crippen molar-refractivity contribution in [1.29, 1.82) is 0 Å². The molecule has 3 heteroatoms. The number of allylic oxidation sites excluding steroid dienone is 1. The standard InChI is InChI=1S/C15H21NO2/c1-3-4-12-5-6-14(15(11-12)17-2)18-13-7-9-16-10-8-13/h3,5-6,11,13,16H,1,4,7-10H2,2H3. The van der Waals surface area contributed by atoms with E-state index in [1.807, 2.05) is 18.2 Å². The van der Waals surface area contributed by atoms with Crippen LogP contribution in [0, 0.1) is 0 Å². The van der Waals surface area contributed by atoms with Gasteiger partial charge in [-0.25, -0.2) is 0 Å². The number of hydrogen-bond acceptors (Lipinski definition) is 3. The molecule has 0 unspecified atom stereocenters. The lowest BCUT2D eigenvalue weighted by atomic mass is 10.1. The second-order valence-corrected chi connectivity index (χ2v) is 4.55. The minimum absolute atomic E-state index is 0.297. The van der Waals surface area contributed by atoms with Crippen LogP contribution in [0.1, 0.15) is 18.4 Å². The summed E-state index contributed by atoms with van der Waals surface area (Å²) in [7, 11) is 1.68. The monoisotopic (exact) mass is 247 g/mol. The normalized spacial score (nSPS) is 16.3. The number of ether oxygens (including phenoxy) is 2. The molecule has 1 aliphatic heterocycles. The van der Waals surface area contributed by atoms with Gasteiger partial charge in [-0.2, -0.15) is 0 Å². The van der Waals surface area contributed by atoms with Crippen molar-refractivity contribution < 1.29 is 9.47 Å². The lowest BCUT2D eigenvalue weighted by molar-refractivity contribution is 0.156. The predicted molar refractivity (Wildman–Crippen MR) is 73.4 cm³/mol. The van der Waals surface area contributed by atoms with Gasteiger partial charge in [0, 0.05) is 0 Å². The summed E-state index contributed by atoms with van der Waals surface area (Å²) in [6, 6.07) is 6.10. The molecule has 0 amide bonds. The Hall–Kier alpha value is -1.48. The maximum atomic E-state index is 6.02. The van der Waals surface area contributed by atoms with E-state index >= 15 is 0 Å². The SMILES string of the molecule is C=CCc1ccc(OC2CCNCC2)c(OC)c1. The first kappa shape index (κ1) is 13.0. The van der Waals surface area contributed by atoms with Gasteiger partial charge in [0.2, 0.25) is 0 Å². The Balaban J connectivity index is 2.08. The molecular weight excluding hydrogens is 226 g/mol. The number of rotatable bonds is 5. The van der Waals surface area contributed by atoms with Gasteiger partial charge in [0.25, 0.3) is 0 Å². The lowest BCUT2D eigenvalue weighted by Gasteiger charge is -2.24. The molecule has 0 aliphatic carbocycles. The van der Waals surface area contributed by atoms with Crippen molar-refractivity contribution in [2.24, 2.45) is 0 Å². The number of piperidine rings is 1. The van der Waals surface area contributed by atoms with Gasteiger partial charge in [0.15, 0.2) is 11.5 Å². The molecule has 0 radical (unpaired) electrons. The van der Waals surface area contributed by atoms with Crippen molar-refractivity contribution >= 4 is 0 Å². The first-order chi connectivity index (χ1) is 8.83. The van der Waals surface area contributed by atoms with Crippen LogP contribution >= 0.6 is 0 Å². The van der Waals surface area contributed by atoms with Crippen LogP contribution in [0.2, 0.25) is 0 Å². The Morgan fingerprint density at radius 2 is 2.11 bits per heavy atom. The predicted octanol–water partition coefficient (Wildman–Crippen LogP) is 2.55. The van der Waals surface area contributed by atoms with Crippen LogP contribution in [0.3, 0.4) is 0 Å². The van der Waals surface area contributed by atoms with E-state index in [1.54, 1.807) is 7.11 Å². The van der Waals surface area contributed by atoms with E-state index in [-0.39, 0.29) is 0 Å². The Morgan fingerprint density at radius 3 is 2.78 bits per heavy atom. The highest BCUT2D eigenvalue weighted by Crippen LogP contribution is 2.30. The van der Waals surface area contributed by atoms with E-state index in [4.69, 9.17) is 9.47 Å². The molecule has 1 N–H and O–H groups in total. The molecule has 98 valence electrons. The third kappa shape index (κ3) is 3.26. The van der Waals surface area contributed by atoms with Crippen molar-refractivity contribution in [3.8, 4) is 11.5 Å². The Bertz CT molecular complexity index is 397. The molecular formula is C15H21NO2. The quantitative estimate of drug-likeness (QED) is 0.811. The largest absolute Gasteiger partial charge is 0.493 e. The fourth-order valence-electron chi connectivity index (χ4n) is 2.20. The molecule has 1 aromatic carbocycles. The number of benzene rings is 1. The van der Waals surface area contributed by atoms with Crippen LogP contribution < -0.4 is 14.8 Å². The minimum atomic E-state index is 0.297. The summed E-state index contributed by atoms with van der Waals surface area (Å²) in [4.78, 5) is 0. The number of methoxy groups -OCH3 is 1. The van der Waals surface area contributed by atoms with Crippen LogP contribution in [0.15, 0.2) is 30.9 Å². The van der Waals surface area contributed by atoms with E-state index in [9.17, 15) is 0 Å². The highest BCUT2D eigenvalue weighted by molar-refractivity contribution is 5.43. The van der Waals surface area contributed by atoms with E-state index in [0.717, 1.165) is 43.9 Å². The van der Waals surface area contributed by atoms with Crippen molar-refractivity contribution in [1.82, 2.24) is 5.32 Å². The van der Waals surface area contributed by atoms with Gasteiger partial charge >= 0.3 is 0 Å². The van der Waals surface area contributed by atoms with Gasteiger partial charge in [-0.1, -0.05) is 12.1 Å². The maximum absolute atomic E-state index is 6.02. The number of nitrogens with one attached hydrogen (secondary N) is 1. The summed E-state index contributed by atoms with van der Waals surface area (Å²) in [6.07, 6.45) is 5.15. The molecule has 0 saturated carbocycles. The average Bonchev–Trinajstić information content (AvgIpc) is 2.42. The van der Waals surface area contributed by atoms with Gasteiger partial charge in [-0.15, -0.1) is 6.58 Å². The average molecular weight is 247 g/mol. The zero-order valence-electron chi connectivity index (χ0n) is 10.9. The molecule has 1 aliphatic rings. The van der Waals surface area contributed by atoms with Crippen LogP contribution in [0.25, 0.3) is 0 Å². The van der Waals surface area contributed by atoms with Gasteiger partial charge in [0.1, 0.15) is 6.10 Å². The summed E-state index contributed by atoms with van der Waals surface area (Å²) < 4.78 is 11.4. The highest BCUT2D eigenvalue weighted by atomic mass is 16.5. The van der Waals surface area contributed by atoms with Crippen molar-refractivity contribution in [3.63, 3.8) is 0 Å². The molecule has 0 aromatic heterocycles. The van der Waals surface area contributed by atoms with Crippen molar-refractivity contribution in [2.45, 2.75) is 25.4 Å². The molecule has 0 bridgehead atoms. The second-order valence-electron chi connectivity index (χ2n) is 4.55. The lowest BCUT2D eigenvalue weighted by Crippen LogP contribution is -2.34. The summed E-state index contributed by atoms with van der Waals surface area (Å²) in [5.41, 5.74) is 1.19. The maximum Gasteiger partial charge on any atom is 0.161 e. The number of hydrogen-bond donors (Lipinski definition) is 1. The molecule has 1 heterocycles. The summed E-state index contributed by atoms with van der Waals surface area (Å²) in [6.45, 7) is 5.81. The van der Waals surface area contributed by atoms with Gasteiger partial charge in [-0.3, -0.25) is 0 Å². The third-order valence-corrected chi connectivity index (χ3v) is 3.19. The Kier molecular flexibility index (Phi) is 4.65. The minimum Gasteiger partial charge on any atom is -0.493 e. The first-order valence-electron chi connectivity index (χ1n) is 6.48. The molecule has 1 saturated heterocycles. The fraction of sp³-hybridized carbons (Fsp3) is 0.467. The molecule has 1 aromatic rings. The molecule has 0 atom stereocenters. The zero-order valence-corrected chi connectivity index (χ0v) is 10.9. The van der Waals surface area contributed by atoms with Crippen LogP contribution in [-0.4, -0.2) is 26.3 Å². The van der Waals surface area contributed by atoms with E-state index in [1.165, 1.54) is 5.56 Å².